The van der Waals surface area contributed by atoms with E-state index in [9.17, 15) is 8.42 Å². The summed E-state index contributed by atoms with van der Waals surface area (Å²) in [5.74, 6) is 0.291. The molecule has 0 N–H and O–H groups in total. The van der Waals surface area contributed by atoms with E-state index < -0.39 is 10.0 Å². The smallest absolute Gasteiger partial charge is 0.250 e. The monoisotopic (exact) mass is 392 g/mol. The predicted octanol–water partition coefficient (Wildman–Crippen LogP) is 3.77. The highest BCUT2D eigenvalue weighted by Gasteiger charge is 2.27. The number of aromatic nitrogens is 3. The summed E-state index contributed by atoms with van der Waals surface area (Å²) >= 11 is 0. The molecule has 0 saturated carbocycles. The van der Waals surface area contributed by atoms with E-state index in [4.69, 9.17) is 0 Å². The number of rotatable bonds is 4. The fraction of sp³-hybridized carbons (Fsp3) is 0.143. The van der Waals surface area contributed by atoms with Crippen LogP contribution in [0.3, 0.4) is 0 Å². The van der Waals surface area contributed by atoms with Crippen LogP contribution in [0.25, 0.3) is 22.0 Å². The molecule has 6 nitrogen and oxygen atoms in total. The molecule has 1 heterocycles. The molecule has 142 valence electrons. The van der Waals surface area contributed by atoms with Gasteiger partial charge in [-0.25, -0.2) is 12.7 Å². The first-order chi connectivity index (χ1) is 13.4. The summed E-state index contributed by atoms with van der Waals surface area (Å²) in [6.07, 6.45) is 0. The summed E-state index contributed by atoms with van der Waals surface area (Å²) in [6.45, 7) is 1.92. The van der Waals surface area contributed by atoms with Crippen LogP contribution in [0.5, 0.6) is 0 Å². The topological polar surface area (TPSA) is 68.1 Å². The van der Waals surface area contributed by atoms with Crippen molar-refractivity contribution in [3.05, 3.63) is 72.3 Å². The highest BCUT2D eigenvalue weighted by Crippen LogP contribution is 2.34. The van der Waals surface area contributed by atoms with Gasteiger partial charge in [0.25, 0.3) is 10.0 Å². The number of fused-ring (bicyclic) bond motifs is 1. The molecule has 0 atom stereocenters. The minimum atomic E-state index is -3.76. The lowest BCUT2D eigenvalue weighted by Crippen LogP contribution is -2.27. The normalized spacial score (nSPS) is 11.7. The zero-order valence-electron chi connectivity index (χ0n) is 15.9. The molecule has 4 aromatic rings. The average molecular weight is 392 g/mol. The van der Waals surface area contributed by atoms with Crippen LogP contribution >= 0.6 is 0 Å². The quantitative estimate of drug-likeness (QED) is 0.530. The van der Waals surface area contributed by atoms with Gasteiger partial charge in [-0.15, -0.1) is 5.10 Å². The summed E-state index contributed by atoms with van der Waals surface area (Å²) < 4.78 is 27.5. The second-order valence-corrected chi connectivity index (χ2v) is 8.64. The van der Waals surface area contributed by atoms with Crippen molar-refractivity contribution in [2.24, 2.45) is 7.05 Å². The molecule has 1 aromatic heterocycles. The van der Waals surface area contributed by atoms with Crippen LogP contribution in [-0.4, -0.2) is 30.5 Å². The van der Waals surface area contributed by atoms with Gasteiger partial charge in [-0.1, -0.05) is 60.2 Å². The number of benzene rings is 3. The number of sulfonamides is 1. The van der Waals surface area contributed by atoms with E-state index in [1.54, 1.807) is 31.3 Å². The highest BCUT2D eigenvalue weighted by atomic mass is 32.2. The molecule has 28 heavy (non-hydrogen) atoms. The fourth-order valence-corrected chi connectivity index (χ4v) is 4.34. The largest absolute Gasteiger partial charge is 0.265 e. The lowest BCUT2D eigenvalue weighted by atomic mass is 10.0. The highest BCUT2D eigenvalue weighted by molar-refractivity contribution is 7.92. The maximum Gasteiger partial charge on any atom is 0.265 e. The van der Waals surface area contributed by atoms with Gasteiger partial charge in [0.2, 0.25) is 0 Å². The molecular formula is C21H20N4O2S. The number of anilines is 1. The van der Waals surface area contributed by atoms with Gasteiger partial charge in [-0.3, -0.25) is 0 Å². The molecule has 7 heteroatoms. The fourth-order valence-electron chi connectivity index (χ4n) is 3.20. The Balaban J connectivity index is 1.87. The molecule has 0 fully saturated rings. The second kappa shape index (κ2) is 6.76. The summed E-state index contributed by atoms with van der Waals surface area (Å²) in [7, 11) is -0.569. The Morgan fingerprint density at radius 3 is 2.32 bits per heavy atom. The van der Waals surface area contributed by atoms with Crippen LogP contribution in [0.1, 0.15) is 5.56 Å². The molecule has 0 bridgehead atoms. The van der Waals surface area contributed by atoms with Gasteiger partial charge in [0.05, 0.1) is 4.90 Å². The molecule has 0 aliphatic rings. The minimum Gasteiger partial charge on any atom is -0.250 e. The Labute approximate surface area is 164 Å². The van der Waals surface area contributed by atoms with Gasteiger partial charge in [-0.05, 0) is 29.8 Å². The molecule has 0 amide bonds. The molecule has 4 rings (SSSR count). The van der Waals surface area contributed by atoms with Crippen LogP contribution in [0, 0.1) is 6.92 Å². The summed E-state index contributed by atoms with van der Waals surface area (Å²) in [6, 6.07) is 20.6. The van der Waals surface area contributed by atoms with Crippen molar-refractivity contribution in [3.63, 3.8) is 0 Å². The maximum atomic E-state index is 13.1. The third kappa shape index (κ3) is 3.03. The van der Waals surface area contributed by atoms with E-state index in [-0.39, 0.29) is 4.90 Å². The second-order valence-electron chi connectivity index (χ2n) is 6.67. The Hall–Kier alpha value is -3.19. The third-order valence-corrected chi connectivity index (χ3v) is 6.48. The molecule has 3 aromatic carbocycles. The zero-order valence-corrected chi connectivity index (χ0v) is 16.7. The van der Waals surface area contributed by atoms with Crippen molar-refractivity contribution in [1.29, 1.82) is 0 Å². The SMILES string of the molecule is Cc1ccc(S(=O)(=O)N(C)c2nn(C)nc2-c2cccc3ccccc23)cc1. The molecule has 0 aliphatic heterocycles. The minimum absolute atomic E-state index is 0.218. The van der Waals surface area contributed by atoms with Gasteiger partial charge in [0, 0.05) is 19.7 Å². The average Bonchev–Trinajstić information content (AvgIpc) is 3.08. The van der Waals surface area contributed by atoms with Crippen molar-refractivity contribution in [1.82, 2.24) is 15.0 Å². The molecule has 0 aliphatic carbocycles. The predicted molar refractivity (Wildman–Crippen MR) is 111 cm³/mol. The molecule has 0 spiro atoms. The van der Waals surface area contributed by atoms with Crippen molar-refractivity contribution >= 4 is 26.6 Å². The maximum absolute atomic E-state index is 13.1. The number of nitrogens with zero attached hydrogens (tertiary/aromatic N) is 4. The third-order valence-electron chi connectivity index (χ3n) is 4.72. The Morgan fingerprint density at radius 2 is 1.57 bits per heavy atom. The van der Waals surface area contributed by atoms with E-state index >= 15 is 0 Å². The Kier molecular flexibility index (Phi) is 4.39. The van der Waals surface area contributed by atoms with E-state index in [0.717, 1.165) is 21.9 Å². The van der Waals surface area contributed by atoms with Gasteiger partial charge in [0.1, 0.15) is 5.69 Å². The van der Waals surface area contributed by atoms with Crippen LogP contribution in [0.15, 0.2) is 71.6 Å². The first-order valence-electron chi connectivity index (χ1n) is 8.83. The molecule has 0 radical (unpaired) electrons. The van der Waals surface area contributed by atoms with Gasteiger partial charge < -0.3 is 0 Å². The zero-order chi connectivity index (χ0) is 19.9. The van der Waals surface area contributed by atoms with Crippen molar-refractivity contribution < 1.29 is 8.42 Å². The van der Waals surface area contributed by atoms with Crippen molar-refractivity contribution in [2.45, 2.75) is 11.8 Å². The van der Waals surface area contributed by atoms with Gasteiger partial charge in [-0.2, -0.15) is 9.90 Å². The lowest BCUT2D eigenvalue weighted by Gasteiger charge is -2.18. The standard InChI is InChI=1S/C21H20N4O2S/c1-15-11-13-17(14-12-15)28(26,27)24(2)21-20(22-25(3)23-21)19-10-6-8-16-7-4-5-9-18(16)19/h4-14H,1-3H3. The van der Waals surface area contributed by atoms with E-state index in [0.29, 0.717) is 11.5 Å². The van der Waals surface area contributed by atoms with Crippen LogP contribution < -0.4 is 4.31 Å². The first kappa shape index (κ1) is 18.2. The lowest BCUT2D eigenvalue weighted by molar-refractivity contribution is 0.593. The molecular weight excluding hydrogens is 372 g/mol. The summed E-state index contributed by atoms with van der Waals surface area (Å²) in [5.41, 5.74) is 2.36. The van der Waals surface area contributed by atoms with Crippen molar-refractivity contribution in [3.8, 4) is 11.3 Å². The Morgan fingerprint density at radius 1 is 0.893 bits per heavy atom. The van der Waals surface area contributed by atoms with Crippen molar-refractivity contribution in [2.75, 3.05) is 11.4 Å². The van der Waals surface area contributed by atoms with Crippen LogP contribution in [0.4, 0.5) is 5.82 Å². The number of aryl methyl sites for hydroxylation is 2. The van der Waals surface area contributed by atoms with E-state index in [2.05, 4.69) is 10.2 Å². The molecule has 0 saturated heterocycles. The van der Waals surface area contributed by atoms with Crippen LogP contribution in [-0.2, 0) is 17.1 Å². The van der Waals surface area contributed by atoms with E-state index in [1.165, 1.54) is 16.1 Å². The summed E-state index contributed by atoms with van der Waals surface area (Å²) in [4.78, 5) is 1.61. The first-order valence-corrected chi connectivity index (χ1v) is 10.3. The van der Waals surface area contributed by atoms with Gasteiger partial charge in [0.15, 0.2) is 5.82 Å². The summed E-state index contributed by atoms with van der Waals surface area (Å²) in [5, 5.41) is 10.9. The number of hydrogen-bond donors (Lipinski definition) is 0. The van der Waals surface area contributed by atoms with Gasteiger partial charge >= 0.3 is 0 Å². The number of hydrogen-bond acceptors (Lipinski definition) is 4. The molecule has 0 unspecified atom stereocenters. The van der Waals surface area contributed by atoms with Crippen LogP contribution in [0.2, 0.25) is 0 Å². The van der Waals surface area contributed by atoms with E-state index in [1.807, 2.05) is 49.4 Å². The Bertz CT molecular complexity index is 1260.